The lowest BCUT2D eigenvalue weighted by Crippen LogP contribution is -2.22. The molecule has 0 saturated heterocycles. The molecule has 0 aliphatic carbocycles. The molecular weight excluding hydrogens is 288 g/mol. The van der Waals surface area contributed by atoms with Gasteiger partial charge in [0.1, 0.15) is 18.1 Å². The minimum atomic E-state index is -0.378. The fourth-order valence-corrected chi connectivity index (χ4v) is 1.71. The largest absolute Gasteiger partial charge is 0.480 e. The predicted octanol–water partition coefficient (Wildman–Crippen LogP) is 1.50. The fraction of sp³-hybridized carbons (Fsp3) is 0.143. The van der Waals surface area contributed by atoms with Crippen LogP contribution in [0.3, 0.4) is 0 Å². The first-order valence-electron chi connectivity index (χ1n) is 6.01. The molecule has 106 valence electrons. The SMILES string of the molecule is C#CCOc1ccccc1/C=N\n1c(=S)[nH]nc(C)c1=O. The van der Waals surface area contributed by atoms with Crippen LogP contribution in [0.25, 0.3) is 0 Å². The maximum Gasteiger partial charge on any atom is 0.296 e. The molecule has 2 rings (SSSR count). The van der Waals surface area contributed by atoms with Crippen molar-refractivity contribution in [1.29, 1.82) is 0 Å². The van der Waals surface area contributed by atoms with E-state index in [2.05, 4.69) is 21.2 Å². The van der Waals surface area contributed by atoms with E-state index in [1.165, 1.54) is 6.21 Å². The van der Waals surface area contributed by atoms with Crippen LogP contribution < -0.4 is 10.3 Å². The third-order valence-corrected chi connectivity index (χ3v) is 2.82. The van der Waals surface area contributed by atoms with Crippen molar-refractivity contribution in [1.82, 2.24) is 14.9 Å². The molecule has 1 heterocycles. The Kier molecular flexibility index (Phi) is 4.64. The summed E-state index contributed by atoms with van der Waals surface area (Å²) < 4.78 is 6.58. The number of para-hydroxylation sites is 1. The van der Waals surface area contributed by atoms with E-state index in [1.807, 2.05) is 12.1 Å². The summed E-state index contributed by atoms with van der Waals surface area (Å²) in [6, 6.07) is 7.20. The Bertz CT molecular complexity index is 830. The van der Waals surface area contributed by atoms with Crippen molar-refractivity contribution in [2.24, 2.45) is 5.10 Å². The van der Waals surface area contributed by atoms with Crippen LogP contribution in [0.2, 0.25) is 0 Å². The standard InChI is InChI=1S/C14H12N4O2S/c1-3-8-20-12-7-5-4-6-11(12)9-15-18-13(19)10(2)16-17-14(18)21/h1,4-7,9H,8H2,2H3,(H,17,21)/b15-9-. The average Bonchev–Trinajstić information content (AvgIpc) is 2.50. The zero-order valence-corrected chi connectivity index (χ0v) is 12.1. The summed E-state index contributed by atoms with van der Waals surface area (Å²) >= 11 is 4.99. The van der Waals surface area contributed by atoms with Gasteiger partial charge >= 0.3 is 0 Å². The van der Waals surface area contributed by atoms with Gasteiger partial charge in [0.2, 0.25) is 4.77 Å². The molecule has 21 heavy (non-hydrogen) atoms. The average molecular weight is 300 g/mol. The third kappa shape index (κ3) is 3.43. The smallest absolute Gasteiger partial charge is 0.296 e. The van der Waals surface area contributed by atoms with E-state index in [0.717, 1.165) is 4.68 Å². The molecule has 2 aromatic rings. The quantitative estimate of drug-likeness (QED) is 0.528. The number of nitrogens with one attached hydrogen (secondary N) is 1. The topological polar surface area (TPSA) is 72.3 Å². The van der Waals surface area contributed by atoms with Crippen LogP contribution >= 0.6 is 12.2 Å². The molecule has 1 N–H and O–H groups in total. The second-order valence-corrected chi connectivity index (χ2v) is 4.39. The summed E-state index contributed by atoms with van der Waals surface area (Å²) in [4.78, 5) is 11.9. The number of hydrogen-bond donors (Lipinski definition) is 1. The van der Waals surface area contributed by atoms with Gasteiger partial charge in [0, 0.05) is 5.56 Å². The molecule has 0 unspecified atom stereocenters. The van der Waals surface area contributed by atoms with Crippen LogP contribution in [0.4, 0.5) is 0 Å². The molecule has 6 nitrogen and oxygen atoms in total. The van der Waals surface area contributed by atoms with Crippen molar-refractivity contribution < 1.29 is 4.74 Å². The molecule has 0 bridgehead atoms. The number of aromatic nitrogens is 3. The molecule has 0 saturated carbocycles. The zero-order valence-electron chi connectivity index (χ0n) is 11.2. The van der Waals surface area contributed by atoms with E-state index < -0.39 is 0 Å². The maximum atomic E-state index is 11.9. The van der Waals surface area contributed by atoms with Gasteiger partial charge in [0.15, 0.2) is 0 Å². The van der Waals surface area contributed by atoms with E-state index >= 15 is 0 Å². The van der Waals surface area contributed by atoms with Gasteiger partial charge in [-0.15, -0.1) is 6.42 Å². The highest BCUT2D eigenvalue weighted by atomic mass is 32.1. The van der Waals surface area contributed by atoms with Crippen molar-refractivity contribution >= 4 is 18.4 Å². The molecule has 0 aliphatic rings. The Morgan fingerprint density at radius 3 is 3.10 bits per heavy atom. The van der Waals surface area contributed by atoms with Crippen LogP contribution in [0.5, 0.6) is 5.75 Å². The highest BCUT2D eigenvalue weighted by Crippen LogP contribution is 2.15. The third-order valence-electron chi connectivity index (χ3n) is 2.56. The number of ether oxygens (including phenoxy) is 1. The second kappa shape index (κ2) is 6.63. The van der Waals surface area contributed by atoms with E-state index in [9.17, 15) is 4.79 Å². The molecule has 0 fully saturated rings. The Hall–Kier alpha value is -2.72. The van der Waals surface area contributed by atoms with Crippen molar-refractivity contribution in [3.8, 4) is 18.1 Å². The summed E-state index contributed by atoms with van der Waals surface area (Å²) in [6.45, 7) is 1.73. The minimum absolute atomic E-state index is 0.115. The van der Waals surface area contributed by atoms with E-state index in [-0.39, 0.29) is 22.6 Å². The summed E-state index contributed by atoms with van der Waals surface area (Å²) in [5.41, 5.74) is 0.582. The lowest BCUT2D eigenvalue weighted by atomic mass is 10.2. The summed E-state index contributed by atoms with van der Waals surface area (Å²) in [7, 11) is 0. The Labute approximate surface area is 126 Å². The van der Waals surface area contributed by atoms with Crippen molar-refractivity contribution in [2.45, 2.75) is 6.92 Å². The van der Waals surface area contributed by atoms with Gasteiger partial charge in [-0.25, -0.2) is 0 Å². The summed E-state index contributed by atoms with van der Waals surface area (Å²) in [5, 5.41) is 10.4. The van der Waals surface area contributed by atoms with Gasteiger partial charge < -0.3 is 4.74 Å². The van der Waals surface area contributed by atoms with Gasteiger partial charge in [0.25, 0.3) is 5.56 Å². The molecule has 0 amide bonds. The first kappa shape index (κ1) is 14.7. The first-order valence-corrected chi connectivity index (χ1v) is 6.42. The summed E-state index contributed by atoms with van der Waals surface area (Å²) in [5.74, 6) is 2.97. The van der Waals surface area contributed by atoms with Crippen LogP contribution in [-0.4, -0.2) is 27.7 Å². The van der Waals surface area contributed by atoms with Crippen LogP contribution in [0.15, 0.2) is 34.2 Å². The number of terminal acetylenes is 1. The number of H-pyrrole nitrogens is 1. The number of hydrogen-bond acceptors (Lipinski definition) is 5. The van der Waals surface area contributed by atoms with Crippen molar-refractivity contribution in [2.75, 3.05) is 6.61 Å². The Morgan fingerprint density at radius 2 is 2.33 bits per heavy atom. The molecule has 0 aliphatic heterocycles. The van der Waals surface area contributed by atoms with E-state index in [0.29, 0.717) is 11.3 Å². The highest BCUT2D eigenvalue weighted by Gasteiger charge is 2.03. The monoisotopic (exact) mass is 300 g/mol. The molecule has 7 heteroatoms. The second-order valence-electron chi connectivity index (χ2n) is 4.01. The van der Waals surface area contributed by atoms with Gasteiger partial charge in [-0.05, 0) is 31.3 Å². The lowest BCUT2D eigenvalue weighted by molar-refractivity contribution is 0.370. The first-order chi connectivity index (χ1) is 10.1. The zero-order chi connectivity index (χ0) is 15.2. The number of rotatable bonds is 4. The highest BCUT2D eigenvalue weighted by molar-refractivity contribution is 7.71. The van der Waals surface area contributed by atoms with Crippen LogP contribution in [-0.2, 0) is 0 Å². The molecule has 0 atom stereocenters. The number of benzene rings is 1. The molecule has 1 aromatic carbocycles. The Balaban J connectivity index is 2.39. The van der Waals surface area contributed by atoms with Crippen LogP contribution in [0.1, 0.15) is 11.3 Å². The number of nitrogens with zero attached hydrogens (tertiary/aromatic N) is 3. The van der Waals surface area contributed by atoms with Gasteiger partial charge in [-0.1, -0.05) is 18.1 Å². The van der Waals surface area contributed by atoms with E-state index in [1.54, 1.807) is 19.1 Å². The van der Waals surface area contributed by atoms with E-state index in [4.69, 9.17) is 23.4 Å². The van der Waals surface area contributed by atoms with Gasteiger partial charge in [0.05, 0.1) is 6.21 Å². The fourth-order valence-electron chi connectivity index (χ4n) is 1.54. The van der Waals surface area contributed by atoms with Gasteiger partial charge in [-0.3, -0.25) is 9.89 Å². The molecule has 0 radical (unpaired) electrons. The summed E-state index contributed by atoms with van der Waals surface area (Å²) in [6.07, 6.45) is 6.65. The minimum Gasteiger partial charge on any atom is -0.480 e. The van der Waals surface area contributed by atoms with Crippen molar-refractivity contribution in [3.63, 3.8) is 0 Å². The molecule has 0 spiro atoms. The Morgan fingerprint density at radius 1 is 1.57 bits per heavy atom. The predicted molar refractivity (Wildman–Crippen MR) is 82.2 cm³/mol. The van der Waals surface area contributed by atoms with Gasteiger partial charge in [-0.2, -0.15) is 14.9 Å². The normalized spacial score (nSPS) is 10.5. The van der Waals surface area contributed by atoms with Crippen LogP contribution in [0, 0.1) is 24.0 Å². The maximum absolute atomic E-state index is 11.9. The van der Waals surface area contributed by atoms with Crippen molar-refractivity contribution in [3.05, 3.63) is 50.6 Å². The lowest BCUT2D eigenvalue weighted by Gasteiger charge is -2.05. The number of aryl methyl sites for hydroxylation is 1. The molecule has 1 aromatic heterocycles. The number of aromatic amines is 1. The molecular formula is C14H12N4O2S.